The van der Waals surface area contributed by atoms with Crippen molar-refractivity contribution in [2.75, 3.05) is 18.0 Å². The van der Waals surface area contributed by atoms with E-state index < -0.39 is 35.9 Å². The first kappa shape index (κ1) is 25.6. The summed E-state index contributed by atoms with van der Waals surface area (Å²) in [5, 5.41) is 11.7. The number of rotatable bonds is 3. The maximum Gasteiger partial charge on any atom is 0.417 e. The first-order valence-corrected chi connectivity index (χ1v) is 13.2. The smallest absolute Gasteiger partial charge is 0.380 e. The van der Waals surface area contributed by atoms with Crippen molar-refractivity contribution in [2.45, 2.75) is 24.6 Å². The van der Waals surface area contributed by atoms with Gasteiger partial charge in [-0.2, -0.15) is 13.2 Å². The Kier molecular flexibility index (Phi) is 6.05. The van der Waals surface area contributed by atoms with Gasteiger partial charge in [-0.15, -0.1) is 11.3 Å². The number of benzene rings is 2. The van der Waals surface area contributed by atoms with Crippen molar-refractivity contribution in [3.8, 4) is 16.1 Å². The number of piperidine rings is 1. The minimum atomic E-state index is -4.70. The maximum absolute atomic E-state index is 13.6. The summed E-state index contributed by atoms with van der Waals surface area (Å²) < 4.78 is 41.1. The van der Waals surface area contributed by atoms with Crippen LogP contribution in [0.1, 0.15) is 12.8 Å². The second-order valence-corrected chi connectivity index (χ2v) is 10.9. The zero-order valence-corrected chi connectivity index (χ0v) is 21.7. The predicted octanol–water partition coefficient (Wildman–Crippen LogP) is 5.50. The van der Waals surface area contributed by atoms with Crippen LogP contribution in [0.4, 0.5) is 18.9 Å². The van der Waals surface area contributed by atoms with Crippen LogP contribution >= 0.6 is 22.9 Å². The maximum atomic E-state index is 13.6. The number of aromatic amines is 1. The average molecular weight is 573 g/mol. The Morgan fingerprint density at radius 1 is 1.05 bits per heavy atom. The molecule has 1 fully saturated rings. The number of hydrogen-bond acceptors (Lipinski definition) is 6. The Morgan fingerprint density at radius 2 is 1.79 bits per heavy atom. The molecule has 0 aliphatic carbocycles. The van der Waals surface area contributed by atoms with Crippen molar-refractivity contribution < 1.29 is 18.3 Å². The molecule has 0 atom stereocenters. The topological polar surface area (TPSA) is 91.2 Å². The molecule has 0 spiro atoms. The van der Waals surface area contributed by atoms with E-state index in [4.69, 9.17) is 11.6 Å². The van der Waals surface area contributed by atoms with Gasteiger partial charge in [0.15, 0.2) is 5.60 Å². The third-order valence-electron chi connectivity index (χ3n) is 7.16. The number of alkyl halides is 3. The number of H-pyrrole nitrogens is 1. The molecule has 0 unspecified atom stereocenters. The number of hydrogen-bond donors (Lipinski definition) is 2. The van der Waals surface area contributed by atoms with Crippen LogP contribution in [0.15, 0.2) is 70.5 Å². The number of halogens is 4. The van der Waals surface area contributed by atoms with Gasteiger partial charge in [0, 0.05) is 64.1 Å². The lowest BCUT2D eigenvalue weighted by Gasteiger charge is -2.40. The van der Waals surface area contributed by atoms with Crippen LogP contribution in [0.3, 0.4) is 0 Å². The predicted molar refractivity (Wildman–Crippen MR) is 146 cm³/mol. The van der Waals surface area contributed by atoms with Gasteiger partial charge < -0.3 is 15.0 Å². The quantitative estimate of drug-likeness (QED) is 0.298. The number of anilines is 1. The third-order valence-corrected chi connectivity index (χ3v) is 8.65. The van der Waals surface area contributed by atoms with Crippen molar-refractivity contribution in [1.29, 1.82) is 0 Å². The lowest BCUT2D eigenvalue weighted by atomic mass is 9.90. The van der Waals surface area contributed by atoms with Gasteiger partial charge in [-0.3, -0.25) is 9.78 Å². The summed E-state index contributed by atoms with van der Waals surface area (Å²) in [6, 6.07) is 14.1. The Bertz CT molecular complexity index is 1860. The van der Waals surface area contributed by atoms with E-state index in [0.29, 0.717) is 31.7 Å². The highest BCUT2D eigenvalue weighted by Gasteiger charge is 2.54. The lowest BCUT2D eigenvalue weighted by molar-refractivity contribution is -0.266. The normalized spacial score (nSPS) is 15.8. The van der Waals surface area contributed by atoms with E-state index >= 15 is 0 Å². The third kappa shape index (κ3) is 4.30. The first-order valence-electron chi connectivity index (χ1n) is 12.0. The average Bonchev–Trinajstić information content (AvgIpc) is 3.32. The number of pyridine rings is 1. The zero-order chi connectivity index (χ0) is 27.5. The fourth-order valence-corrected chi connectivity index (χ4v) is 6.33. The number of aliphatic hydroxyl groups is 1. The van der Waals surface area contributed by atoms with Crippen molar-refractivity contribution in [1.82, 2.24) is 14.5 Å². The van der Waals surface area contributed by atoms with Crippen LogP contribution in [0, 0.1) is 0 Å². The molecule has 3 aromatic heterocycles. The van der Waals surface area contributed by atoms with Crippen LogP contribution in [0.2, 0.25) is 5.02 Å². The highest BCUT2D eigenvalue weighted by molar-refractivity contribution is 7.22. The molecule has 39 heavy (non-hydrogen) atoms. The molecule has 0 bridgehead atoms. The van der Waals surface area contributed by atoms with E-state index in [2.05, 4.69) is 9.97 Å². The fraction of sp³-hybridized carbons (Fsp3) is 0.222. The second kappa shape index (κ2) is 9.22. The van der Waals surface area contributed by atoms with Crippen LogP contribution < -0.4 is 16.1 Å². The molecule has 5 aromatic rings. The van der Waals surface area contributed by atoms with Crippen LogP contribution in [-0.4, -0.2) is 44.5 Å². The van der Waals surface area contributed by atoms with Crippen molar-refractivity contribution in [3.05, 3.63) is 86.8 Å². The highest BCUT2D eigenvalue weighted by atomic mass is 35.5. The van der Waals surface area contributed by atoms with Crippen molar-refractivity contribution >= 4 is 49.6 Å². The Balaban J connectivity index is 1.44. The summed E-state index contributed by atoms with van der Waals surface area (Å²) in [5.41, 5.74) is -1.90. The van der Waals surface area contributed by atoms with Gasteiger partial charge in [-0.1, -0.05) is 35.9 Å². The van der Waals surface area contributed by atoms with E-state index in [1.807, 2.05) is 12.1 Å². The molecule has 2 N–H and O–H groups in total. The van der Waals surface area contributed by atoms with Gasteiger partial charge in [0.1, 0.15) is 4.70 Å². The molecule has 1 saturated heterocycles. The van der Waals surface area contributed by atoms with Crippen LogP contribution in [0.25, 0.3) is 37.1 Å². The standard InChI is InChI=1S/C27H20ClF3N4O3S/c28-19-4-2-1-3-17(19)22-12-20-23(39-22)24(36)35(25(37)33-20)21-14-32-13-15-5-6-16(11-18(15)21)34-9-7-26(38,8-10-34)27(29,30)31/h1-6,11-14,38H,7-10H2,(H,33,37). The van der Waals surface area contributed by atoms with Crippen molar-refractivity contribution in [3.63, 3.8) is 0 Å². The molecule has 0 radical (unpaired) electrons. The molecule has 0 amide bonds. The minimum Gasteiger partial charge on any atom is -0.380 e. The second-order valence-electron chi connectivity index (χ2n) is 9.48. The lowest BCUT2D eigenvalue weighted by Crippen LogP contribution is -2.53. The van der Waals surface area contributed by atoms with Gasteiger partial charge in [0.25, 0.3) is 5.56 Å². The number of fused-ring (bicyclic) bond motifs is 2. The first-order chi connectivity index (χ1) is 18.6. The zero-order valence-electron chi connectivity index (χ0n) is 20.1. The monoisotopic (exact) mass is 572 g/mol. The number of thiophene rings is 1. The highest BCUT2D eigenvalue weighted by Crippen LogP contribution is 2.40. The van der Waals surface area contributed by atoms with E-state index in [0.717, 1.165) is 15.0 Å². The molecule has 1 aliphatic rings. The molecular formula is C27H20ClF3N4O3S. The Labute approximate surface area is 227 Å². The Hall–Kier alpha value is -3.67. The molecule has 12 heteroatoms. The summed E-state index contributed by atoms with van der Waals surface area (Å²) in [6.45, 7) is -0.0110. The van der Waals surface area contributed by atoms with Gasteiger partial charge in [-0.25, -0.2) is 9.36 Å². The van der Waals surface area contributed by atoms with E-state index in [1.54, 1.807) is 47.5 Å². The minimum absolute atomic E-state index is 0.00551. The largest absolute Gasteiger partial charge is 0.417 e. The van der Waals surface area contributed by atoms with E-state index in [9.17, 15) is 27.9 Å². The van der Waals surface area contributed by atoms with E-state index in [1.165, 1.54) is 17.5 Å². The molecule has 200 valence electrons. The van der Waals surface area contributed by atoms with Crippen LogP contribution in [-0.2, 0) is 0 Å². The summed E-state index contributed by atoms with van der Waals surface area (Å²) >= 11 is 7.55. The summed E-state index contributed by atoms with van der Waals surface area (Å²) in [4.78, 5) is 36.3. The molecular weight excluding hydrogens is 553 g/mol. The Morgan fingerprint density at radius 3 is 2.51 bits per heavy atom. The van der Waals surface area contributed by atoms with Gasteiger partial charge in [0.2, 0.25) is 0 Å². The molecule has 0 saturated carbocycles. The number of nitrogens with zero attached hydrogens (tertiary/aromatic N) is 3. The van der Waals surface area contributed by atoms with Crippen molar-refractivity contribution in [2.24, 2.45) is 0 Å². The van der Waals surface area contributed by atoms with Gasteiger partial charge >= 0.3 is 11.9 Å². The van der Waals surface area contributed by atoms with Crippen LogP contribution in [0.5, 0.6) is 0 Å². The molecule has 7 nitrogen and oxygen atoms in total. The fourth-order valence-electron chi connectivity index (χ4n) is 4.95. The summed E-state index contributed by atoms with van der Waals surface area (Å²) in [7, 11) is 0. The molecule has 1 aliphatic heterocycles. The molecule has 2 aromatic carbocycles. The number of nitrogens with one attached hydrogen (secondary N) is 1. The molecule has 4 heterocycles. The SMILES string of the molecule is O=c1[nH]c2cc(-c3ccccc3Cl)sc2c(=O)n1-c1cncc2ccc(N3CCC(O)(C(F)(F)F)CC3)cc12. The summed E-state index contributed by atoms with van der Waals surface area (Å²) in [5.74, 6) is 0. The van der Waals surface area contributed by atoms with Gasteiger partial charge in [0.05, 0.1) is 17.4 Å². The molecule has 6 rings (SSSR count). The number of aromatic nitrogens is 3. The van der Waals surface area contributed by atoms with Gasteiger partial charge in [-0.05, 0) is 24.3 Å². The van der Waals surface area contributed by atoms with E-state index in [-0.39, 0.29) is 18.8 Å². The summed E-state index contributed by atoms with van der Waals surface area (Å²) in [6.07, 6.45) is -2.62.